The van der Waals surface area contributed by atoms with E-state index in [4.69, 9.17) is 0 Å². The van der Waals surface area contributed by atoms with Crippen molar-refractivity contribution in [3.63, 3.8) is 0 Å². The van der Waals surface area contributed by atoms with Gasteiger partial charge < -0.3 is 9.80 Å². The van der Waals surface area contributed by atoms with Crippen LogP contribution in [-0.2, 0) is 4.79 Å². The number of anilines is 1. The fraction of sp³-hybridized carbons (Fsp3) is 0.389. The van der Waals surface area contributed by atoms with Gasteiger partial charge in [0, 0.05) is 38.7 Å². The molecule has 0 unspecified atom stereocenters. The molecule has 0 spiro atoms. The maximum absolute atomic E-state index is 13.2. The molecule has 0 bridgehead atoms. The Kier molecular flexibility index (Phi) is 4.74. The van der Waals surface area contributed by atoms with Crippen molar-refractivity contribution in [2.24, 2.45) is 5.92 Å². The van der Waals surface area contributed by atoms with Crippen molar-refractivity contribution in [2.75, 3.05) is 32.1 Å². The molecule has 0 N–H and O–H groups in total. The second kappa shape index (κ2) is 6.95. The number of hydrogen-bond donors (Lipinski definition) is 0. The molecule has 0 atom stereocenters. The quantitative estimate of drug-likeness (QED) is 0.869. The van der Waals surface area contributed by atoms with Gasteiger partial charge in [0.15, 0.2) is 0 Å². The summed E-state index contributed by atoms with van der Waals surface area (Å²) >= 11 is 0. The summed E-state index contributed by atoms with van der Waals surface area (Å²) in [4.78, 5) is 24.5. The van der Waals surface area contributed by atoms with Crippen LogP contribution in [0.15, 0.2) is 36.8 Å². The van der Waals surface area contributed by atoms with E-state index in [2.05, 4.69) is 14.9 Å². The van der Waals surface area contributed by atoms with Crippen molar-refractivity contribution >= 4 is 11.6 Å². The van der Waals surface area contributed by atoms with Crippen LogP contribution < -0.4 is 4.90 Å². The van der Waals surface area contributed by atoms with Crippen molar-refractivity contribution < 1.29 is 9.18 Å². The van der Waals surface area contributed by atoms with Gasteiger partial charge in [-0.25, -0.2) is 14.4 Å². The number of amides is 1. The van der Waals surface area contributed by atoms with Crippen LogP contribution in [0.3, 0.4) is 0 Å². The van der Waals surface area contributed by atoms with Gasteiger partial charge >= 0.3 is 0 Å². The molecule has 3 rings (SSSR count). The van der Waals surface area contributed by atoms with E-state index < -0.39 is 0 Å². The standard InChI is InChI=1S/C18H21FN4O/c1-22(2)18(24)14-7-9-23(10-8-14)16-11-20-12-21-17(16)13-3-5-15(19)6-4-13/h3-6,11-12,14H,7-10H2,1-2H3. The lowest BCUT2D eigenvalue weighted by Gasteiger charge is -2.34. The first-order valence-corrected chi connectivity index (χ1v) is 8.08. The van der Waals surface area contributed by atoms with E-state index in [1.165, 1.54) is 18.5 Å². The first kappa shape index (κ1) is 16.4. The second-order valence-corrected chi connectivity index (χ2v) is 6.26. The molecule has 6 heteroatoms. The third kappa shape index (κ3) is 3.37. The average molecular weight is 328 g/mol. The predicted molar refractivity (Wildman–Crippen MR) is 91.1 cm³/mol. The van der Waals surface area contributed by atoms with Crippen molar-refractivity contribution in [2.45, 2.75) is 12.8 Å². The van der Waals surface area contributed by atoms with Crippen LogP contribution in [0.4, 0.5) is 10.1 Å². The molecule has 0 saturated carbocycles. The molecular formula is C18H21FN4O. The van der Waals surface area contributed by atoms with E-state index in [-0.39, 0.29) is 17.6 Å². The molecule has 1 fully saturated rings. The molecule has 1 aliphatic rings. The molecule has 1 aromatic carbocycles. The summed E-state index contributed by atoms with van der Waals surface area (Å²) in [5.41, 5.74) is 2.59. The van der Waals surface area contributed by atoms with Gasteiger partial charge in [-0.05, 0) is 37.1 Å². The van der Waals surface area contributed by atoms with Crippen LogP contribution >= 0.6 is 0 Å². The third-order valence-electron chi connectivity index (χ3n) is 4.44. The molecule has 1 amide bonds. The number of rotatable bonds is 3. The lowest BCUT2D eigenvalue weighted by molar-refractivity contribution is -0.133. The lowest BCUT2D eigenvalue weighted by Crippen LogP contribution is -2.40. The molecular weight excluding hydrogens is 307 g/mol. The van der Waals surface area contributed by atoms with Gasteiger partial charge in [-0.1, -0.05) is 0 Å². The van der Waals surface area contributed by atoms with Crippen LogP contribution in [0.5, 0.6) is 0 Å². The SMILES string of the molecule is CN(C)C(=O)C1CCN(c2cncnc2-c2ccc(F)cc2)CC1. The predicted octanol–water partition coefficient (Wildman–Crippen LogP) is 2.59. The Hall–Kier alpha value is -2.50. The number of hydrogen-bond acceptors (Lipinski definition) is 4. The summed E-state index contributed by atoms with van der Waals surface area (Å²) in [7, 11) is 3.60. The Morgan fingerprint density at radius 1 is 1.21 bits per heavy atom. The second-order valence-electron chi connectivity index (χ2n) is 6.26. The summed E-state index contributed by atoms with van der Waals surface area (Å²) < 4.78 is 13.2. The summed E-state index contributed by atoms with van der Waals surface area (Å²) in [5.74, 6) is 0.00485. The number of benzene rings is 1. The molecule has 126 valence electrons. The van der Waals surface area contributed by atoms with Crippen molar-refractivity contribution in [3.05, 3.63) is 42.6 Å². The zero-order valence-corrected chi connectivity index (χ0v) is 13.9. The molecule has 5 nitrogen and oxygen atoms in total. The highest BCUT2D eigenvalue weighted by Gasteiger charge is 2.27. The Morgan fingerprint density at radius 2 is 1.88 bits per heavy atom. The van der Waals surface area contributed by atoms with Gasteiger partial charge in [-0.2, -0.15) is 0 Å². The normalized spacial score (nSPS) is 15.4. The topological polar surface area (TPSA) is 49.3 Å². The van der Waals surface area contributed by atoms with E-state index in [1.54, 1.807) is 37.3 Å². The van der Waals surface area contributed by atoms with E-state index >= 15 is 0 Å². The van der Waals surface area contributed by atoms with Crippen molar-refractivity contribution in [1.29, 1.82) is 0 Å². The van der Waals surface area contributed by atoms with Gasteiger partial charge in [0.1, 0.15) is 12.1 Å². The fourth-order valence-electron chi connectivity index (χ4n) is 3.12. The van der Waals surface area contributed by atoms with Crippen LogP contribution in [-0.4, -0.2) is 48.0 Å². The molecule has 1 saturated heterocycles. The highest BCUT2D eigenvalue weighted by Crippen LogP contribution is 2.31. The van der Waals surface area contributed by atoms with Crippen LogP contribution in [0.1, 0.15) is 12.8 Å². The first-order chi connectivity index (χ1) is 11.6. The van der Waals surface area contributed by atoms with Crippen molar-refractivity contribution in [1.82, 2.24) is 14.9 Å². The molecule has 0 radical (unpaired) electrons. The van der Waals surface area contributed by atoms with E-state index in [0.717, 1.165) is 42.9 Å². The number of aromatic nitrogens is 2. The van der Waals surface area contributed by atoms with Gasteiger partial charge in [0.05, 0.1) is 17.6 Å². The van der Waals surface area contributed by atoms with Gasteiger partial charge in [-0.3, -0.25) is 4.79 Å². The monoisotopic (exact) mass is 328 g/mol. The van der Waals surface area contributed by atoms with Crippen LogP contribution in [0.25, 0.3) is 11.3 Å². The van der Waals surface area contributed by atoms with Crippen molar-refractivity contribution in [3.8, 4) is 11.3 Å². The van der Waals surface area contributed by atoms with Crippen LogP contribution in [0, 0.1) is 11.7 Å². The summed E-state index contributed by atoms with van der Waals surface area (Å²) in [5, 5.41) is 0. The Bertz CT molecular complexity index is 709. The number of halogens is 1. The molecule has 24 heavy (non-hydrogen) atoms. The average Bonchev–Trinajstić information content (AvgIpc) is 2.62. The minimum atomic E-state index is -0.266. The van der Waals surface area contributed by atoms with Crippen LogP contribution in [0.2, 0.25) is 0 Å². The zero-order valence-electron chi connectivity index (χ0n) is 13.9. The molecule has 2 aromatic rings. The maximum Gasteiger partial charge on any atom is 0.225 e. The summed E-state index contributed by atoms with van der Waals surface area (Å²) in [6, 6.07) is 6.32. The largest absolute Gasteiger partial charge is 0.368 e. The Labute approximate surface area is 141 Å². The van der Waals surface area contributed by atoms with Gasteiger partial charge in [0.25, 0.3) is 0 Å². The Morgan fingerprint density at radius 3 is 2.50 bits per heavy atom. The van der Waals surface area contributed by atoms with Gasteiger partial charge in [-0.15, -0.1) is 0 Å². The first-order valence-electron chi connectivity index (χ1n) is 8.08. The number of nitrogens with zero attached hydrogens (tertiary/aromatic N) is 4. The molecule has 0 aliphatic carbocycles. The van der Waals surface area contributed by atoms with E-state index in [9.17, 15) is 9.18 Å². The van der Waals surface area contributed by atoms with E-state index in [1.807, 2.05) is 0 Å². The minimum absolute atomic E-state index is 0.0788. The number of piperidine rings is 1. The third-order valence-corrected chi connectivity index (χ3v) is 4.44. The lowest BCUT2D eigenvalue weighted by atomic mass is 9.95. The highest BCUT2D eigenvalue weighted by atomic mass is 19.1. The Balaban J connectivity index is 1.79. The molecule has 2 heterocycles. The summed E-state index contributed by atoms with van der Waals surface area (Å²) in [6.07, 6.45) is 4.92. The number of carbonyl (C=O) groups is 1. The highest BCUT2D eigenvalue weighted by molar-refractivity contribution is 5.79. The minimum Gasteiger partial charge on any atom is -0.368 e. The summed E-state index contributed by atoms with van der Waals surface area (Å²) in [6.45, 7) is 1.57. The molecule has 1 aromatic heterocycles. The fourth-order valence-corrected chi connectivity index (χ4v) is 3.12. The van der Waals surface area contributed by atoms with Gasteiger partial charge in [0.2, 0.25) is 5.91 Å². The molecule has 1 aliphatic heterocycles. The number of carbonyl (C=O) groups excluding carboxylic acids is 1. The smallest absolute Gasteiger partial charge is 0.225 e. The van der Waals surface area contributed by atoms with E-state index in [0.29, 0.717) is 0 Å². The maximum atomic E-state index is 13.2. The zero-order chi connectivity index (χ0) is 17.1.